The van der Waals surface area contributed by atoms with Gasteiger partial charge in [0, 0.05) is 24.2 Å². The molecule has 0 spiro atoms. The van der Waals surface area contributed by atoms with Gasteiger partial charge in [0.2, 0.25) is 0 Å². The summed E-state index contributed by atoms with van der Waals surface area (Å²) in [6.45, 7) is 0. The van der Waals surface area contributed by atoms with Crippen molar-refractivity contribution in [2.75, 3.05) is 5.32 Å². The highest BCUT2D eigenvalue weighted by molar-refractivity contribution is 6.04. The van der Waals surface area contributed by atoms with E-state index in [4.69, 9.17) is 5.26 Å². The quantitative estimate of drug-likeness (QED) is 0.771. The van der Waals surface area contributed by atoms with E-state index in [0.717, 1.165) is 5.65 Å². The van der Waals surface area contributed by atoms with Gasteiger partial charge in [-0.1, -0.05) is 6.07 Å². The van der Waals surface area contributed by atoms with Gasteiger partial charge in [0.25, 0.3) is 5.91 Å². The van der Waals surface area contributed by atoms with Crippen molar-refractivity contribution in [3.63, 3.8) is 0 Å². The fourth-order valence-electron chi connectivity index (χ4n) is 1.93. The number of benzene rings is 1. The Hall–Kier alpha value is -3.13. The fraction of sp³-hybridized carbons (Fsp3) is 0. The maximum atomic E-state index is 12.1. The molecule has 0 atom stereocenters. The molecule has 0 saturated carbocycles. The summed E-state index contributed by atoms with van der Waals surface area (Å²) in [5.74, 6) is -0.249. The van der Waals surface area contributed by atoms with Gasteiger partial charge in [-0.05, 0) is 30.3 Å². The molecule has 0 aliphatic rings. The molecule has 1 aromatic carbocycles. The van der Waals surface area contributed by atoms with Crippen molar-refractivity contribution in [1.29, 1.82) is 5.26 Å². The number of imidazole rings is 1. The Morgan fingerprint density at radius 2 is 2.20 bits per heavy atom. The number of rotatable bonds is 2. The number of hydrogen-bond donors (Lipinski definition) is 1. The highest BCUT2D eigenvalue weighted by Gasteiger charge is 2.07. The Labute approximate surface area is 115 Å². The monoisotopic (exact) mass is 262 g/mol. The van der Waals surface area contributed by atoms with Crippen LogP contribution in [0, 0.1) is 11.3 Å². The zero-order valence-corrected chi connectivity index (χ0v) is 10.4. The Bertz CT molecular complexity index is 829. The summed E-state index contributed by atoms with van der Waals surface area (Å²) in [4.78, 5) is 16.2. The number of carbonyl (C=O) groups excluding carboxylic acids is 1. The third-order valence-corrected chi connectivity index (χ3v) is 2.90. The maximum Gasteiger partial charge on any atom is 0.255 e. The van der Waals surface area contributed by atoms with Crippen LogP contribution in [0.15, 0.2) is 55.0 Å². The van der Waals surface area contributed by atoms with Crippen molar-refractivity contribution >= 4 is 17.2 Å². The average molecular weight is 262 g/mol. The first-order valence-corrected chi connectivity index (χ1v) is 6.00. The summed E-state index contributed by atoms with van der Waals surface area (Å²) >= 11 is 0. The zero-order valence-electron chi connectivity index (χ0n) is 10.4. The number of amides is 1. The molecule has 0 aliphatic carbocycles. The van der Waals surface area contributed by atoms with Crippen molar-refractivity contribution < 1.29 is 4.79 Å². The van der Waals surface area contributed by atoms with Gasteiger partial charge in [-0.2, -0.15) is 5.26 Å². The summed E-state index contributed by atoms with van der Waals surface area (Å²) in [6, 6.07) is 12.2. The van der Waals surface area contributed by atoms with Gasteiger partial charge in [-0.15, -0.1) is 0 Å². The molecule has 0 fully saturated rings. The molecule has 0 aliphatic heterocycles. The van der Waals surface area contributed by atoms with Crippen LogP contribution in [-0.2, 0) is 0 Å². The highest BCUT2D eigenvalue weighted by Crippen LogP contribution is 2.12. The van der Waals surface area contributed by atoms with E-state index in [9.17, 15) is 4.79 Å². The summed E-state index contributed by atoms with van der Waals surface area (Å²) in [7, 11) is 0. The van der Waals surface area contributed by atoms with E-state index in [1.807, 2.05) is 16.5 Å². The second kappa shape index (κ2) is 4.86. The standard InChI is InChI=1S/C15H10N4O/c16-9-11-2-1-3-12(8-11)15(20)18-13-4-5-14-17-6-7-19(14)10-13/h1-8,10H,(H,18,20). The third-order valence-electron chi connectivity index (χ3n) is 2.90. The van der Waals surface area contributed by atoms with E-state index < -0.39 is 0 Å². The van der Waals surface area contributed by atoms with E-state index in [0.29, 0.717) is 16.8 Å². The summed E-state index contributed by atoms with van der Waals surface area (Å²) in [6.07, 6.45) is 5.28. The van der Waals surface area contributed by atoms with Crippen LogP contribution in [0.4, 0.5) is 5.69 Å². The summed E-state index contributed by atoms with van der Waals surface area (Å²) in [5, 5.41) is 11.6. The van der Waals surface area contributed by atoms with Crippen LogP contribution in [0.25, 0.3) is 5.65 Å². The molecule has 1 amide bonds. The Kier molecular flexibility index (Phi) is 2.90. The van der Waals surface area contributed by atoms with Crippen molar-refractivity contribution in [2.24, 2.45) is 0 Å². The van der Waals surface area contributed by atoms with Crippen molar-refractivity contribution in [1.82, 2.24) is 9.38 Å². The lowest BCUT2D eigenvalue weighted by molar-refractivity contribution is 0.102. The minimum absolute atomic E-state index is 0.249. The Morgan fingerprint density at radius 1 is 1.30 bits per heavy atom. The molecule has 0 unspecified atom stereocenters. The van der Waals surface area contributed by atoms with Gasteiger partial charge in [-0.25, -0.2) is 4.98 Å². The van der Waals surface area contributed by atoms with E-state index in [2.05, 4.69) is 10.3 Å². The van der Waals surface area contributed by atoms with Gasteiger partial charge < -0.3 is 9.72 Å². The largest absolute Gasteiger partial charge is 0.321 e. The molecule has 2 aromatic heterocycles. The van der Waals surface area contributed by atoms with Crippen LogP contribution >= 0.6 is 0 Å². The SMILES string of the molecule is N#Cc1cccc(C(=O)Nc2ccc3nccn3c2)c1. The molecule has 2 heterocycles. The van der Waals surface area contributed by atoms with Crippen LogP contribution in [0.5, 0.6) is 0 Å². The summed E-state index contributed by atoms with van der Waals surface area (Å²) in [5.41, 5.74) is 2.40. The number of aromatic nitrogens is 2. The number of nitrogens with zero attached hydrogens (tertiary/aromatic N) is 3. The second-order valence-electron chi connectivity index (χ2n) is 4.26. The number of pyridine rings is 1. The van der Waals surface area contributed by atoms with Crippen molar-refractivity contribution in [3.8, 4) is 6.07 Å². The first kappa shape index (κ1) is 11.9. The number of hydrogen-bond acceptors (Lipinski definition) is 3. The maximum absolute atomic E-state index is 12.1. The Balaban J connectivity index is 1.86. The van der Waals surface area contributed by atoms with E-state index in [-0.39, 0.29) is 5.91 Å². The first-order chi connectivity index (χ1) is 9.76. The average Bonchev–Trinajstić information content (AvgIpc) is 2.95. The smallest absolute Gasteiger partial charge is 0.255 e. The number of nitrogens with one attached hydrogen (secondary N) is 1. The lowest BCUT2D eigenvalue weighted by Gasteiger charge is -2.06. The molecule has 0 saturated heterocycles. The topological polar surface area (TPSA) is 70.2 Å². The predicted molar refractivity (Wildman–Crippen MR) is 74.3 cm³/mol. The molecular formula is C15H10N4O. The minimum atomic E-state index is -0.249. The summed E-state index contributed by atoms with van der Waals surface area (Å²) < 4.78 is 1.82. The lowest BCUT2D eigenvalue weighted by Crippen LogP contribution is -2.12. The molecular weight excluding hydrogens is 252 g/mol. The molecule has 5 nitrogen and oxygen atoms in total. The van der Waals surface area contributed by atoms with Crippen LogP contribution in [0.1, 0.15) is 15.9 Å². The van der Waals surface area contributed by atoms with Crippen LogP contribution in [0.2, 0.25) is 0 Å². The molecule has 5 heteroatoms. The van der Waals surface area contributed by atoms with Gasteiger partial charge in [0.05, 0.1) is 17.3 Å². The van der Waals surface area contributed by atoms with Gasteiger partial charge in [0.15, 0.2) is 0 Å². The highest BCUT2D eigenvalue weighted by atomic mass is 16.1. The Morgan fingerprint density at radius 3 is 3.05 bits per heavy atom. The molecule has 96 valence electrons. The van der Waals surface area contributed by atoms with Crippen LogP contribution in [0.3, 0.4) is 0 Å². The molecule has 3 aromatic rings. The molecule has 3 rings (SSSR count). The van der Waals surface area contributed by atoms with Crippen molar-refractivity contribution in [2.45, 2.75) is 0 Å². The molecule has 0 bridgehead atoms. The second-order valence-corrected chi connectivity index (χ2v) is 4.26. The van der Waals surface area contributed by atoms with Gasteiger partial charge in [-0.3, -0.25) is 4.79 Å². The third kappa shape index (κ3) is 2.22. The molecule has 1 N–H and O–H groups in total. The van der Waals surface area contributed by atoms with Gasteiger partial charge >= 0.3 is 0 Å². The van der Waals surface area contributed by atoms with E-state index in [1.165, 1.54) is 0 Å². The first-order valence-electron chi connectivity index (χ1n) is 6.00. The van der Waals surface area contributed by atoms with E-state index in [1.54, 1.807) is 48.9 Å². The number of anilines is 1. The number of nitriles is 1. The predicted octanol–water partition coefficient (Wildman–Crippen LogP) is 2.46. The minimum Gasteiger partial charge on any atom is -0.321 e. The van der Waals surface area contributed by atoms with Crippen LogP contribution < -0.4 is 5.32 Å². The number of carbonyl (C=O) groups is 1. The zero-order chi connectivity index (χ0) is 13.9. The molecule has 20 heavy (non-hydrogen) atoms. The van der Waals surface area contributed by atoms with Crippen molar-refractivity contribution in [3.05, 3.63) is 66.1 Å². The normalized spacial score (nSPS) is 10.2. The van der Waals surface area contributed by atoms with E-state index >= 15 is 0 Å². The fourth-order valence-corrected chi connectivity index (χ4v) is 1.93. The number of fused-ring (bicyclic) bond motifs is 1. The lowest BCUT2D eigenvalue weighted by atomic mass is 10.1. The molecule has 0 radical (unpaired) electrons. The van der Waals surface area contributed by atoms with Gasteiger partial charge in [0.1, 0.15) is 5.65 Å². The van der Waals surface area contributed by atoms with Crippen LogP contribution in [-0.4, -0.2) is 15.3 Å².